The lowest BCUT2D eigenvalue weighted by atomic mass is 10.0. The summed E-state index contributed by atoms with van der Waals surface area (Å²) >= 11 is 0. The van der Waals surface area contributed by atoms with Gasteiger partial charge in [0.2, 0.25) is 0 Å². The van der Waals surface area contributed by atoms with E-state index in [1.54, 1.807) is 6.92 Å². The summed E-state index contributed by atoms with van der Waals surface area (Å²) in [7, 11) is 0. The van der Waals surface area contributed by atoms with Gasteiger partial charge in [0.25, 0.3) is 0 Å². The predicted octanol–water partition coefficient (Wildman–Crippen LogP) is 3.69. The van der Waals surface area contributed by atoms with E-state index >= 15 is 0 Å². The number of aryl methyl sites for hydroxylation is 2. The highest BCUT2D eigenvalue weighted by Gasteiger charge is 2.13. The molecule has 0 aliphatic heterocycles. The Hall–Kier alpha value is -1.31. The number of Topliss-reactive ketones (excluding diaryl/α,β-unsaturated/α-hetero) is 1. The highest BCUT2D eigenvalue weighted by Crippen LogP contribution is 2.24. The van der Waals surface area contributed by atoms with Gasteiger partial charge in [0.15, 0.2) is 0 Å². The number of hydrogen-bond acceptors (Lipinski definition) is 2. The van der Waals surface area contributed by atoms with Crippen LogP contribution in [-0.4, -0.2) is 11.4 Å². The summed E-state index contributed by atoms with van der Waals surface area (Å²) < 4.78 is 5.90. The topological polar surface area (TPSA) is 26.3 Å². The summed E-state index contributed by atoms with van der Waals surface area (Å²) in [6, 6.07) is 6.16. The van der Waals surface area contributed by atoms with E-state index in [4.69, 9.17) is 4.74 Å². The number of hydrogen-bond donors (Lipinski definition) is 0. The molecular formula is C15H22O2. The van der Waals surface area contributed by atoms with Gasteiger partial charge in [-0.2, -0.15) is 0 Å². The predicted molar refractivity (Wildman–Crippen MR) is 70.6 cm³/mol. The van der Waals surface area contributed by atoms with Gasteiger partial charge in [-0.25, -0.2) is 0 Å². The Morgan fingerprint density at radius 1 is 1.29 bits per heavy atom. The van der Waals surface area contributed by atoms with Crippen LogP contribution in [0.5, 0.6) is 5.75 Å². The Labute approximate surface area is 104 Å². The van der Waals surface area contributed by atoms with Crippen molar-refractivity contribution in [3.8, 4) is 5.75 Å². The van der Waals surface area contributed by atoms with Crippen LogP contribution in [-0.2, 0) is 11.2 Å². The maximum Gasteiger partial charge on any atom is 0.130 e. The first-order chi connectivity index (χ1) is 7.78. The summed E-state index contributed by atoms with van der Waals surface area (Å²) in [5.74, 6) is 1.14. The van der Waals surface area contributed by atoms with Gasteiger partial charge in [-0.15, -0.1) is 0 Å². The van der Waals surface area contributed by atoms with E-state index in [2.05, 4.69) is 12.1 Å². The molecule has 0 aliphatic carbocycles. The standard InChI is InChI=1S/C15H22O2/c1-11-6-8-13(9-7-12(2)16)10-14(11)17-15(3,4)5/h6,8,10H,7,9H2,1-5H3. The summed E-state index contributed by atoms with van der Waals surface area (Å²) in [5.41, 5.74) is 2.10. The SMILES string of the molecule is CC(=O)CCc1ccc(C)c(OC(C)(C)C)c1. The van der Waals surface area contributed by atoms with Gasteiger partial charge in [0, 0.05) is 6.42 Å². The normalized spacial score (nSPS) is 11.4. The molecule has 94 valence electrons. The quantitative estimate of drug-likeness (QED) is 0.794. The molecule has 2 heteroatoms. The van der Waals surface area contributed by atoms with Crippen molar-refractivity contribution in [2.75, 3.05) is 0 Å². The van der Waals surface area contributed by atoms with Crippen molar-refractivity contribution in [1.82, 2.24) is 0 Å². The van der Waals surface area contributed by atoms with Crippen molar-refractivity contribution in [3.63, 3.8) is 0 Å². The second-order valence-electron chi connectivity index (χ2n) is 5.52. The monoisotopic (exact) mass is 234 g/mol. The molecule has 0 unspecified atom stereocenters. The average Bonchev–Trinajstić information content (AvgIpc) is 2.17. The molecule has 1 aromatic carbocycles. The lowest BCUT2D eigenvalue weighted by molar-refractivity contribution is -0.116. The summed E-state index contributed by atoms with van der Waals surface area (Å²) in [6.07, 6.45) is 1.38. The minimum atomic E-state index is -0.191. The van der Waals surface area contributed by atoms with Gasteiger partial charge in [-0.3, -0.25) is 0 Å². The molecule has 0 heterocycles. The lowest BCUT2D eigenvalue weighted by Gasteiger charge is -2.23. The number of ketones is 1. The van der Waals surface area contributed by atoms with Crippen LogP contribution in [0.1, 0.15) is 45.2 Å². The van der Waals surface area contributed by atoms with Crippen LogP contribution in [0.25, 0.3) is 0 Å². The van der Waals surface area contributed by atoms with E-state index in [0.717, 1.165) is 23.3 Å². The maximum atomic E-state index is 11.0. The molecule has 0 atom stereocenters. The zero-order chi connectivity index (χ0) is 13.1. The molecular weight excluding hydrogens is 212 g/mol. The third-order valence-corrected chi connectivity index (χ3v) is 2.43. The zero-order valence-corrected chi connectivity index (χ0v) is 11.5. The molecule has 17 heavy (non-hydrogen) atoms. The molecule has 0 fully saturated rings. The molecule has 0 amide bonds. The molecule has 2 nitrogen and oxygen atoms in total. The molecule has 0 saturated heterocycles. The van der Waals surface area contributed by atoms with E-state index in [0.29, 0.717) is 6.42 Å². The van der Waals surface area contributed by atoms with Crippen molar-refractivity contribution in [1.29, 1.82) is 0 Å². The summed E-state index contributed by atoms with van der Waals surface area (Å²) in [5, 5.41) is 0. The van der Waals surface area contributed by atoms with Crippen molar-refractivity contribution < 1.29 is 9.53 Å². The molecule has 1 aromatic rings. The van der Waals surface area contributed by atoms with Gasteiger partial charge in [-0.1, -0.05) is 12.1 Å². The van der Waals surface area contributed by atoms with E-state index in [-0.39, 0.29) is 11.4 Å². The second-order valence-corrected chi connectivity index (χ2v) is 5.52. The molecule has 0 radical (unpaired) electrons. The second kappa shape index (κ2) is 5.35. The minimum Gasteiger partial charge on any atom is -0.488 e. The van der Waals surface area contributed by atoms with E-state index < -0.39 is 0 Å². The fourth-order valence-corrected chi connectivity index (χ4v) is 1.56. The fraction of sp³-hybridized carbons (Fsp3) is 0.533. The molecule has 0 bridgehead atoms. The van der Waals surface area contributed by atoms with Gasteiger partial charge < -0.3 is 9.53 Å². The van der Waals surface area contributed by atoms with Gasteiger partial charge in [-0.05, 0) is 58.2 Å². The number of benzene rings is 1. The first kappa shape index (κ1) is 13.8. The number of carbonyl (C=O) groups is 1. The average molecular weight is 234 g/mol. The number of carbonyl (C=O) groups excluding carboxylic acids is 1. The molecule has 0 saturated carbocycles. The fourth-order valence-electron chi connectivity index (χ4n) is 1.56. The Bertz CT molecular complexity index is 400. The minimum absolute atomic E-state index is 0.191. The van der Waals surface area contributed by atoms with Gasteiger partial charge in [0.1, 0.15) is 17.1 Å². The Kier molecular flexibility index (Phi) is 4.33. The Morgan fingerprint density at radius 2 is 1.94 bits per heavy atom. The van der Waals surface area contributed by atoms with Crippen LogP contribution in [0.4, 0.5) is 0 Å². The van der Waals surface area contributed by atoms with Crippen molar-refractivity contribution >= 4 is 5.78 Å². The van der Waals surface area contributed by atoms with Crippen molar-refractivity contribution in [2.24, 2.45) is 0 Å². The molecule has 0 aromatic heterocycles. The molecule has 0 N–H and O–H groups in total. The maximum absolute atomic E-state index is 11.0. The lowest BCUT2D eigenvalue weighted by Crippen LogP contribution is -2.23. The van der Waals surface area contributed by atoms with Crippen LogP contribution in [0.2, 0.25) is 0 Å². The van der Waals surface area contributed by atoms with Crippen molar-refractivity contribution in [2.45, 2.75) is 53.1 Å². The zero-order valence-electron chi connectivity index (χ0n) is 11.5. The van der Waals surface area contributed by atoms with E-state index in [9.17, 15) is 4.79 Å². The Balaban J connectivity index is 2.83. The molecule has 1 rings (SSSR count). The summed E-state index contributed by atoms with van der Waals surface area (Å²) in [6.45, 7) is 9.77. The third kappa shape index (κ3) is 5.03. The summed E-state index contributed by atoms with van der Waals surface area (Å²) in [4.78, 5) is 11.0. The Morgan fingerprint density at radius 3 is 2.47 bits per heavy atom. The van der Waals surface area contributed by atoms with E-state index in [1.165, 1.54) is 0 Å². The smallest absolute Gasteiger partial charge is 0.130 e. The highest BCUT2D eigenvalue weighted by atomic mass is 16.5. The van der Waals surface area contributed by atoms with Crippen LogP contribution >= 0.6 is 0 Å². The first-order valence-electron chi connectivity index (χ1n) is 6.06. The largest absolute Gasteiger partial charge is 0.488 e. The molecule has 0 aliphatic rings. The highest BCUT2D eigenvalue weighted by molar-refractivity contribution is 5.75. The van der Waals surface area contributed by atoms with Crippen LogP contribution in [0.15, 0.2) is 18.2 Å². The van der Waals surface area contributed by atoms with E-state index in [1.807, 2.05) is 33.8 Å². The molecule has 0 spiro atoms. The van der Waals surface area contributed by atoms with Crippen LogP contribution < -0.4 is 4.74 Å². The van der Waals surface area contributed by atoms with Crippen LogP contribution in [0.3, 0.4) is 0 Å². The van der Waals surface area contributed by atoms with Crippen LogP contribution in [0, 0.1) is 6.92 Å². The van der Waals surface area contributed by atoms with Gasteiger partial charge >= 0.3 is 0 Å². The first-order valence-corrected chi connectivity index (χ1v) is 6.06. The van der Waals surface area contributed by atoms with Gasteiger partial charge in [0.05, 0.1) is 0 Å². The van der Waals surface area contributed by atoms with Crippen molar-refractivity contribution in [3.05, 3.63) is 29.3 Å². The third-order valence-electron chi connectivity index (χ3n) is 2.43. The number of rotatable bonds is 4. The number of ether oxygens (including phenoxy) is 1.